The molecular formula is C23H24N2O4. The smallest absolute Gasteiger partial charge is 0.251 e. The van der Waals surface area contributed by atoms with Crippen LogP contribution in [0.5, 0.6) is 17.2 Å². The fourth-order valence-corrected chi connectivity index (χ4v) is 3.97. The summed E-state index contributed by atoms with van der Waals surface area (Å²) in [5.74, 6) is 1.85. The third-order valence-corrected chi connectivity index (χ3v) is 5.37. The summed E-state index contributed by atoms with van der Waals surface area (Å²) in [6.45, 7) is 4.89. The molecule has 2 aromatic carbocycles. The lowest BCUT2D eigenvalue weighted by molar-refractivity contribution is 0.1000. The van der Waals surface area contributed by atoms with Gasteiger partial charge in [0.1, 0.15) is 5.75 Å². The topological polar surface area (TPSA) is 75.7 Å². The molecule has 0 saturated heterocycles. The molecule has 1 aliphatic heterocycles. The van der Waals surface area contributed by atoms with E-state index in [2.05, 4.69) is 11.5 Å². The van der Waals surface area contributed by atoms with Crippen molar-refractivity contribution in [3.05, 3.63) is 65.0 Å². The summed E-state index contributed by atoms with van der Waals surface area (Å²) in [7, 11) is 1.63. The molecule has 150 valence electrons. The van der Waals surface area contributed by atoms with Crippen molar-refractivity contribution in [2.24, 2.45) is 5.73 Å². The first kappa shape index (κ1) is 18.9. The molecule has 0 atom stereocenters. The van der Waals surface area contributed by atoms with E-state index < -0.39 is 5.91 Å². The number of ether oxygens (including phenoxy) is 3. The van der Waals surface area contributed by atoms with Crippen LogP contribution < -0.4 is 19.9 Å². The van der Waals surface area contributed by atoms with Gasteiger partial charge in [-0.25, -0.2) is 0 Å². The van der Waals surface area contributed by atoms with Gasteiger partial charge < -0.3 is 24.5 Å². The molecule has 3 aromatic rings. The van der Waals surface area contributed by atoms with Gasteiger partial charge >= 0.3 is 0 Å². The van der Waals surface area contributed by atoms with Crippen LogP contribution in [0.2, 0.25) is 0 Å². The molecule has 1 aromatic heterocycles. The van der Waals surface area contributed by atoms with Crippen LogP contribution in [-0.4, -0.2) is 24.4 Å². The molecule has 4 rings (SSSR count). The molecule has 0 aliphatic carbocycles. The summed E-state index contributed by atoms with van der Waals surface area (Å²) >= 11 is 0. The summed E-state index contributed by atoms with van der Waals surface area (Å²) in [5, 5.41) is 0. The minimum atomic E-state index is -0.424. The number of nitrogens with two attached hydrogens (primary N) is 1. The lowest BCUT2D eigenvalue weighted by atomic mass is 9.98. The van der Waals surface area contributed by atoms with Crippen molar-refractivity contribution in [2.45, 2.75) is 26.8 Å². The minimum Gasteiger partial charge on any atom is -0.497 e. The van der Waals surface area contributed by atoms with Gasteiger partial charge in [0.05, 0.1) is 12.7 Å². The molecular weight excluding hydrogens is 368 g/mol. The molecule has 0 spiro atoms. The highest BCUT2D eigenvalue weighted by molar-refractivity contribution is 6.02. The van der Waals surface area contributed by atoms with Crippen molar-refractivity contribution in [1.29, 1.82) is 0 Å². The van der Waals surface area contributed by atoms with Gasteiger partial charge in [0.25, 0.3) is 5.91 Å². The van der Waals surface area contributed by atoms with Gasteiger partial charge in [0, 0.05) is 23.5 Å². The van der Waals surface area contributed by atoms with Gasteiger partial charge in [-0.05, 0) is 48.7 Å². The van der Waals surface area contributed by atoms with E-state index in [1.54, 1.807) is 7.11 Å². The largest absolute Gasteiger partial charge is 0.497 e. The number of rotatable bonds is 6. The zero-order valence-electron chi connectivity index (χ0n) is 16.8. The predicted octanol–water partition coefficient (Wildman–Crippen LogP) is 3.91. The highest BCUT2D eigenvalue weighted by Gasteiger charge is 2.24. The summed E-state index contributed by atoms with van der Waals surface area (Å²) in [6, 6.07) is 13.6. The van der Waals surface area contributed by atoms with Gasteiger partial charge in [-0.3, -0.25) is 4.79 Å². The number of methoxy groups -OCH3 is 1. The van der Waals surface area contributed by atoms with Crippen molar-refractivity contribution in [3.63, 3.8) is 0 Å². The Kier molecular flexibility index (Phi) is 4.92. The number of aromatic nitrogens is 1. The lowest BCUT2D eigenvalue weighted by Gasteiger charge is -2.13. The molecule has 1 amide bonds. The number of primary amides is 1. The van der Waals surface area contributed by atoms with Crippen molar-refractivity contribution in [2.75, 3.05) is 13.9 Å². The first-order chi connectivity index (χ1) is 14.0. The van der Waals surface area contributed by atoms with Gasteiger partial charge in [0.2, 0.25) is 6.79 Å². The zero-order chi connectivity index (χ0) is 20.5. The van der Waals surface area contributed by atoms with Crippen molar-refractivity contribution >= 4 is 5.91 Å². The van der Waals surface area contributed by atoms with E-state index in [1.807, 2.05) is 49.4 Å². The predicted molar refractivity (Wildman–Crippen MR) is 111 cm³/mol. The van der Waals surface area contributed by atoms with Crippen LogP contribution in [0.4, 0.5) is 0 Å². The Bertz CT molecular complexity index is 1070. The second-order valence-corrected chi connectivity index (χ2v) is 7.00. The fourth-order valence-electron chi connectivity index (χ4n) is 3.97. The van der Waals surface area contributed by atoms with Crippen molar-refractivity contribution < 1.29 is 19.0 Å². The van der Waals surface area contributed by atoms with E-state index in [1.165, 1.54) is 0 Å². The van der Waals surface area contributed by atoms with Crippen LogP contribution in [0.3, 0.4) is 0 Å². The maximum Gasteiger partial charge on any atom is 0.251 e. The van der Waals surface area contributed by atoms with E-state index in [0.717, 1.165) is 51.7 Å². The normalized spacial score (nSPS) is 12.2. The van der Waals surface area contributed by atoms with E-state index >= 15 is 0 Å². The Morgan fingerprint density at radius 1 is 1.14 bits per heavy atom. The monoisotopic (exact) mass is 392 g/mol. The maximum absolute atomic E-state index is 12.4. The number of hydrogen-bond donors (Lipinski definition) is 1. The summed E-state index contributed by atoms with van der Waals surface area (Å²) in [6.07, 6.45) is 0.764. The van der Waals surface area contributed by atoms with Crippen LogP contribution in [0.15, 0.2) is 42.5 Å². The standard InChI is InChI=1S/C23H24N2O4/c1-4-18-22(16-6-8-17(27-3)9-7-16)21(23(24)26)14(2)25(18)12-15-5-10-19-20(11-15)29-13-28-19/h5-11H,4,12-13H2,1-3H3,(H2,24,26). The van der Waals surface area contributed by atoms with Crippen LogP contribution in [0.1, 0.15) is 34.2 Å². The summed E-state index contributed by atoms with van der Waals surface area (Å²) in [5.41, 5.74) is 11.2. The second kappa shape index (κ2) is 7.54. The molecule has 0 bridgehead atoms. The Labute approximate surface area is 169 Å². The SMILES string of the molecule is CCc1c(-c2ccc(OC)cc2)c(C(N)=O)c(C)n1Cc1ccc2c(c1)OCO2. The van der Waals surface area contributed by atoms with Crippen LogP contribution in [0.25, 0.3) is 11.1 Å². The molecule has 0 radical (unpaired) electrons. The average Bonchev–Trinajstić information content (AvgIpc) is 3.30. The van der Waals surface area contributed by atoms with Gasteiger partial charge in [-0.15, -0.1) is 0 Å². The number of benzene rings is 2. The first-order valence-corrected chi connectivity index (χ1v) is 9.58. The van der Waals surface area contributed by atoms with Crippen LogP contribution in [0, 0.1) is 6.92 Å². The average molecular weight is 392 g/mol. The first-order valence-electron chi connectivity index (χ1n) is 9.58. The highest BCUT2D eigenvalue weighted by Crippen LogP contribution is 2.36. The molecule has 0 saturated carbocycles. The molecule has 6 heteroatoms. The van der Waals surface area contributed by atoms with Crippen LogP contribution in [-0.2, 0) is 13.0 Å². The number of carbonyl (C=O) groups is 1. The highest BCUT2D eigenvalue weighted by atomic mass is 16.7. The Morgan fingerprint density at radius 3 is 2.52 bits per heavy atom. The molecule has 29 heavy (non-hydrogen) atoms. The number of amides is 1. The van der Waals surface area contributed by atoms with Crippen LogP contribution >= 0.6 is 0 Å². The Balaban J connectivity index is 1.82. The fraction of sp³-hybridized carbons (Fsp3) is 0.261. The van der Waals surface area contributed by atoms with E-state index in [-0.39, 0.29) is 6.79 Å². The molecule has 6 nitrogen and oxygen atoms in total. The molecule has 0 unspecified atom stereocenters. The molecule has 2 heterocycles. The van der Waals surface area contributed by atoms with E-state index in [4.69, 9.17) is 19.9 Å². The molecule has 0 fully saturated rings. The molecule has 1 aliphatic rings. The van der Waals surface area contributed by atoms with Gasteiger partial charge in [-0.1, -0.05) is 25.1 Å². The van der Waals surface area contributed by atoms with Gasteiger partial charge in [-0.2, -0.15) is 0 Å². The van der Waals surface area contributed by atoms with Gasteiger partial charge in [0.15, 0.2) is 11.5 Å². The summed E-state index contributed by atoms with van der Waals surface area (Å²) < 4.78 is 18.3. The van der Waals surface area contributed by atoms with E-state index in [9.17, 15) is 4.79 Å². The Hall–Kier alpha value is -3.41. The molecule has 2 N–H and O–H groups in total. The summed E-state index contributed by atoms with van der Waals surface area (Å²) in [4.78, 5) is 12.4. The zero-order valence-corrected chi connectivity index (χ0v) is 16.8. The Morgan fingerprint density at radius 2 is 1.86 bits per heavy atom. The third kappa shape index (κ3) is 3.31. The van der Waals surface area contributed by atoms with Crippen molar-refractivity contribution in [3.8, 4) is 28.4 Å². The second-order valence-electron chi connectivity index (χ2n) is 7.00. The minimum absolute atomic E-state index is 0.245. The number of carbonyl (C=O) groups excluding carboxylic acids is 1. The lowest BCUT2D eigenvalue weighted by Crippen LogP contribution is -2.13. The van der Waals surface area contributed by atoms with Crippen molar-refractivity contribution in [1.82, 2.24) is 4.57 Å². The third-order valence-electron chi connectivity index (χ3n) is 5.37. The number of fused-ring (bicyclic) bond motifs is 1. The van der Waals surface area contributed by atoms with E-state index in [0.29, 0.717) is 12.1 Å². The number of hydrogen-bond acceptors (Lipinski definition) is 4. The quantitative estimate of drug-likeness (QED) is 0.690. The number of nitrogens with zero attached hydrogens (tertiary/aromatic N) is 1. The maximum atomic E-state index is 12.4.